The van der Waals surface area contributed by atoms with E-state index in [1.807, 2.05) is 0 Å². The fraction of sp³-hybridized carbons (Fsp3) is 0.944. The fourth-order valence-corrected chi connectivity index (χ4v) is 4.62. The molecule has 3 aliphatic carbocycles. The molecule has 0 aromatic carbocycles. The zero-order valence-electron chi connectivity index (χ0n) is 14.5. The molecule has 130 valence electrons. The van der Waals surface area contributed by atoms with Gasteiger partial charge in [0.2, 0.25) is 0 Å². The Labute approximate surface area is 139 Å². The highest BCUT2D eigenvalue weighted by atomic mass is 16.5. The van der Waals surface area contributed by atoms with Gasteiger partial charge in [-0.25, -0.2) is 4.79 Å². The first kappa shape index (κ1) is 15.7. The van der Waals surface area contributed by atoms with E-state index in [-0.39, 0.29) is 17.5 Å². The highest BCUT2D eigenvalue weighted by Crippen LogP contribution is 2.52. The van der Waals surface area contributed by atoms with Crippen molar-refractivity contribution in [3.8, 4) is 0 Å². The number of nitrogens with zero attached hydrogens (tertiary/aromatic N) is 1. The van der Waals surface area contributed by atoms with E-state index in [2.05, 4.69) is 29.4 Å². The van der Waals surface area contributed by atoms with Crippen molar-refractivity contribution >= 4 is 6.03 Å². The second kappa shape index (κ2) is 5.92. The molecule has 5 nitrogen and oxygen atoms in total. The van der Waals surface area contributed by atoms with Crippen LogP contribution in [0.5, 0.6) is 0 Å². The molecule has 2 N–H and O–H groups in total. The molecule has 0 unspecified atom stereocenters. The second-order valence-electron chi connectivity index (χ2n) is 8.61. The van der Waals surface area contributed by atoms with Crippen LogP contribution in [0.15, 0.2) is 0 Å². The van der Waals surface area contributed by atoms with Gasteiger partial charge in [0.25, 0.3) is 0 Å². The molecule has 3 saturated carbocycles. The Morgan fingerprint density at radius 3 is 2.70 bits per heavy atom. The van der Waals surface area contributed by atoms with E-state index >= 15 is 0 Å². The molecular formula is C18H31N3O2. The summed E-state index contributed by atoms with van der Waals surface area (Å²) in [5, 5.41) is 6.27. The number of ether oxygens (including phenoxy) is 1. The lowest BCUT2D eigenvalue weighted by Crippen LogP contribution is -2.67. The zero-order chi connectivity index (χ0) is 16.0. The third-order valence-corrected chi connectivity index (χ3v) is 6.32. The van der Waals surface area contributed by atoms with Crippen molar-refractivity contribution in [1.29, 1.82) is 0 Å². The summed E-state index contributed by atoms with van der Waals surface area (Å²) in [6, 6.07) is 1.04. The molecule has 0 radical (unpaired) electrons. The van der Waals surface area contributed by atoms with E-state index < -0.39 is 0 Å². The minimum absolute atomic E-state index is 0.00408. The van der Waals surface area contributed by atoms with E-state index in [4.69, 9.17) is 4.74 Å². The largest absolute Gasteiger partial charge is 0.377 e. The summed E-state index contributed by atoms with van der Waals surface area (Å²) >= 11 is 0. The molecule has 0 bridgehead atoms. The van der Waals surface area contributed by atoms with Crippen LogP contribution >= 0.6 is 0 Å². The number of fused-ring (bicyclic) bond motifs is 1. The Bertz CT molecular complexity index is 459. The van der Waals surface area contributed by atoms with E-state index in [1.165, 1.54) is 32.2 Å². The van der Waals surface area contributed by atoms with Gasteiger partial charge in [-0.3, -0.25) is 4.90 Å². The minimum Gasteiger partial charge on any atom is -0.377 e. The van der Waals surface area contributed by atoms with Crippen LogP contribution in [-0.2, 0) is 4.74 Å². The predicted octanol–water partition coefficient (Wildman–Crippen LogP) is 1.97. The Kier molecular flexibility index (Phi) is 4.04. The number of amides is 2. The monoisotopic (exact) mass is 321 g/mol. The van der Waals surface area contributed by atoms with Crippen LogP contribution in [0.4, 0.5) is 4.79 Å². The highest BCUT2D eigenvalue weighted by Gasteiger charge is 2.59. The van der Waals surface area contributed by atoms with Crippen molar-refractivity contribution in [2.45, 2.75) is 64.1 Å². The van der Waals surface area contributed by atoms with Gasteiger partial charge in [0.05, 0.1) is 6.10 Å². The fourth-order valence-electron chi connectivity index (χ4n) is 4.62. The van der Waals surface area contributed by atoms with Gasteiger partial charge >= 0.3 is 6.03 Å². The molecule has 1 aliphatic heterocycles. The molecule has 3 atom stereocenters. The summed E-state index contributed by atoms with van der Waals surface area (Å²) in [4.78, 5) is 14.8. The Morgan fingerprint density at radius 1 is 1.22 bits per heavy atom. The summed E-state index contributed by atoms with van der Waals surface area (Å²) in [5.74, 6) is 1.44. The van der Waals surface area contributed by atoms with Gasteiger partial charge in [-0.05, 0) is 38.0 Å². The van der Waals surface area contributed by atoms with Crippen LogP contribution in [0, 0.1) is 17.3 Å². The maximum Gasteiger partial charge on any atom is 0.315 e. The van der Waals surface area contributed by atoms with Crippen molar-refractivity contribution in [2.75, 3.05) is 26.2 Å². The third-order valence-electron chi connectivity index (χ3n) is 6.32. The maximum atomic E-state index is 12.2. The molecule has 5 heteroatoms. The number of rotatable bonds is 7. The minimum atomic E-state index is -0.00408. The molecule has 2 amide bonds. The van der Waals surface area contributed by atoms with Gasteiger partial charge in [0.1, 0.15) is 0 Å². The molecule has 0 aromatic heterocycles. The van der Waals surface area contributed by atoms with Gasteiger partial charge < -0.3 is 15.4 Å². The maximum absolute atomic E-state index is 12.2. The second-order valence-corrected chi connectivity index (χ2v) is 8.61. The number of hydrogen-bond donors (Lipinski definition) is 2. The third kappa shape index (κ3) is 3.22. The molecule has 4 rings (SSSR count). The summed E-state index contributed by atoms with van der Waals surface area (Å²) in [6.07, 6.45) is 6.90. The van der Waals surface area contributed by atoms with Crippen LogP contribution in [0.2, 0.25) is 0 Å². The smallest absolute Gasteiger partial charge is 0.315 e. The summed E-state index contributed by atoms with van der Waals surface area (Å²) in [5.41, 5.74) is 0.0600. The molecule has 4 fully saturated rings. The number of hydrogen-bond acceptors (Lipinski definition) is 3. The number of urea groups is 1. The predicted molar refractivity (Wildman–Crippen MR) is 89.3 cm³/mol. The summed E-state index contributed by atoms with van der Waals surface area (Å²) < 4.78 is 5.79. The van der Waals surface area contributed by atoms with Crippen molar-refractivity contribution in [1.82, 2.24) is 15.5 Å². The van der Waals surface area contributed by atoms with E-state index in [0.717, 1.165) is 38.1 Å². The van der Waals surface area contributed by atoms with Gasteiger partial charge in [-0.2, -0.15) is 0 Å². The van der Waals surface area contributed by atoms with Crippen LogP contribution in [-0.4, -0.2) is 55.4 Å². The number of nitrogens with one attached hydrogen (secondary N) is 2. The van der Waals surface area contributed by atoms with Gasteiger partial charge in [-0.1, -0.05) is 13.8 Å². The molecular weight excluding hydrogens is 290 g/mol. The topological polar surface area (TPSA) is 53.6 Å². The Hall–Kier alpha value is -0.810. The lowest BCUT2D eigenvalue weighted by molar-refractivity contribution is -0.108. The number of carbonyl (C=O) groups excluding carboxylic acids is 1. The first-order valence-electron chi connectivity index (χ1n) is 9.45. The quantitative estimate of drug-likeness (QED) is 0.754. The van der Waals surface area contributed by atoms with Crippen LogP contribution in [0.3, 0.4) is 0 Å². The van der Waals surface area contributed by atoms with Crippen LogP contribution < -0.4 is 10.6 Å². The first-order valence-corrected chi connectivity index (χ1v) is 9.45. The average molecular weight is 321 g/mol. The van der Waals surface area contributed by atoms with Gasteiger partial charge in [0.15, 0.2) is 0 Å². The van der Waals surface area contributed by atoms with E-state index in [9.17, 15) is 4.79 Å². The molecule has 1 heterocycles. The normalized spacial score (nSPS) is 34.8. The van der Waals surface area contributed by atoms with Gasteiger partial charge in [-0.15, -0.1) is 0 Å². The lowest BCUT2D eigenvalue weighted by Gasteiger charge is -2.54. The van der Waals surface area contributed by atoms with Crippen molar-refractivity contribution in [3.05, 3.63) is 0 Å². The zero-order valence-corrected chi connectivity index (χ0v) is 14.5. The van der Waals surface area contributed by atoms with Crippen LogP contribution in [0.25, 0.3) is 0 Å². The number of carbonyl (C=O) groups is 1. The summed E-state index contributed by atoms with van der Waals surface area (Å²) in [6.45, 7) is 8.25. The Morgan fingerprint density at radius 2 is 2.00 bits per heavy atom. The van der Waals surface area contributed by atoms with Crippen molar-refractivity contribution in [2.24, 2.45) is 17.3 Å². The molecule has 4 aliphatic rings. The first-order chi connectivity index (χ1) is 11.1. The standard InChI is InChI=1S/C18H31N3O2/c1-18(2)15(14-7-10-23-16(14)18)20-17(22)19-8-9-21(13-5-6-13)11-12-3-4-12/h12-16H,3-11H2,1-2H3,(H2,19,20,22)/t14-,15+,16+/m0/s1. The van der Waals surface area contributed by atoms with Crippen molar-refractivity contribution < 1.29 is 9.53 Å². The SMILES string of the molecule is CC1(C)[C@H](NC(=O)NCCN(CC2CC2)C2CC2)[C@@H]2CCO[C@H]21. The Balaban J connectivity index is 1.19. The van der Waals surface area contributed by atoms with Gasteiger partial charge in [0, 0.05) is 49.7 Å². The molecule has 23 heavy (non-hydrogen) atoms. The lowest BCUT2D eigenvalue weighted by atomic mass is 9.57. The van der Waals surface area contributed by atoms with Crippen LogP contribution in [0.1, 0.15) is 46.0 Å². The van der Waals surface area contributed by atoms with E-state index in [0.29, 0.717) is 12.0 Å². The average Bonchev–Trinajstić information content (AvgIpc) is 3.42. The highest BCUT2D eigenvalue weighted by molar-refractivity contribution is 5.74. The molecule has 0 aromatic rings. The molecule has 1 saturated heterocycles. The van der Waals surface area contributed by atoms with Crippen molar-refractivity contribution in [3.63, 3.8) is 0 Å². The summed E-state index contributed by atoms with van der Waals surface area (Å²) in [7, 11) is 0. The molecule has 0 spiro atoms. The van der Waals surface area contributed by atoms with E-state index in [1.54, 1.807) is 0 Å².